The lowest BCUT2D eigenvalue weighted by molar-refractivity contribution is -0.384. The van der Waals surface area contributed by atoms with E-state index < -0.39 is 10.5 Å². The number of aromatic nitrogens is 2. The minimum absolute atomic E-state index is 0.0959. The Morgan fingerprint density at radius 2 is 2.07 bits per heavy atom. The Morgan fingerprint density at radius 3 is 2.82 bits per heavy atom. The second-order valence-corrected chi connectivity index (χ2v) is 6.05. The maximum Gasteiger partial charge on any atom is 0.270 e. The van der Waals surface area contributed by atoms with Gasteiger partial charge < -0.3 is 10.1 Å². The number of nitrogens with one attached hydrogen (secondary N) is 1. The third-order valence-corrected chi connectivity index (χ3v) is 4.24. The second kappa shape index (κ2) is 8.30. The summed E-state index contributed by atoms with van der Waals surface area (Å²) in [6.07, 6.45) is 1.84. The summed E-state index contributed by atoms with van der Waals surface area (Å²) in [5.74, 6) is 0.386. The number of ether oxygens (including phenoxy) is 1. The van der Waals surface area contributed by atoms with Crippen LogP contribution in [0.1, 0.15) is 5.56 Å². The van der Waals surface area contributed by atoms with Crippen LogP contribution in [-0.2, 0) is 17.8 Å². The highest BCUT2D eigenvalue weighted by Crippen LogP contribution is 2.17. The zero-order chi connectivity index (χ0) is 20.1. The van der Waals surface area contributed by atoms with Gasteiger partial charge in [-0.2, -0.15) is 0 Å². The number of rotatable bonds is 7. The topological polar surface area (TPSA) is 116 Å². The van der Waals surface area contributed by atoms with Gasteiger partial charge in [-0.05, 0) is 24.1 Å². The third kappa shape index (κ3) is 4.14. The number of carbonyl (C=O) groups is 1. The maximum absolute atomic E-state index is 12.5. The first-order valence-corrected chi connectivity index (χ1v) is 8.52. The van der Waals surface area contributed by atoms with Gasteiger partial charge in [0.1, 0.15) is 12.3 Å². The van der Waals surface area contributed by atoms with Crippen molar-refractivity contribution in [3.8, 4) is 5.75 Å². The zero-order valence-corrected chi connectivity index (χ0v) is 15.1. The molecule has 1 aromatic heterocycles. The van der Waals surface area contributed by atoms with Crippen LogP contribution in [0.3, 0.4) is 0 Å². The summed E-state index contributed by atoms with van der Waals surface area (Å²) in [5, 5.41) is 13.7. The van der Waals surface area contributed by atoms with E-state index in [0.717, 1.165) is 15.9 Å². The number of nitrogens with zero attached hydrogens (tertiary/aromatic N) is 3. The van der Waals surface area contributed by atoms with Gasteiger partial charge in [-0.15, -0.1) is 0 Å². The average Bonchev–Trinajstić information content (AvgIpc) is 2.70. The smallest absolute Gasteiger partial charge is 0.270 e. The Bertz CT molecular complexity index is 1090. The quantitative estimate of drug-likeness (QED) is 0.491. The summed E-state index contributed by atoms with van der Waals surface area (Å²) in [7, 11) is 1.58. The fraction of sp³-hybridized carbons (Fsp3) is 0.211. The van der Waals surface area contributed by atoms with Crippen LogP contribution in [0.5, 0.6) is 5.75 Å². The predicted octanol–water partition coefficient (Wildman–Crippen LogP) is 1.67. The molecule has 0 fully saturated rings. The lowest BCUT2D eigenvalue weighted by Gasteiger charge is -2.10. The second-order valence-electron chi connectivity index (χ2n) is 6.05. The van der Waals surface area contributed by atoms with Crippen LogP contribution < -0.4 is 15.6 Å². The Balaban J connectivity index is 1.68. The lowest BCUT2D eigenvalue weighted by atomic mass is 10.1. The van der Waals surface area contributed by atoms with Crippen molar-refractivity contribution in [1.29, 1.82) is 0 Å². The van der Waals surface area contributed by atoms with Crippen molar-refractivity contribution in [2.24, 2.45) is 0 Å². The molecule has 3 rings (SSSR count). The van der Waals surface area contributed by atoms with Crippen LogP contribution in [0, 0.1) is 10.1 Å². The molecule has 0 aliphatic carbocycles. The van der Waals surface area contributed by atoms with Crippen molar-refractivity contribution in [3.63, 3.8) is 0 Å². The van der Waals surface area contributed by atoms with Crippen molar-refractivity contribution >= 4 is 22.5 Å². The van der Waals surface area contributed by atoms with Crippen molar-refractivity contribution in [2.45, 2.75) is 13.0 Å². The van der Waals surface area contributed by atoms with Gasteiger partial charge in [0.05, 0.1) is 29.3 Å². The first kappa shape index (κ1) is 19.0. The summed E-state index contributed by atoms with van der Waals surface area (Å²) in [6, 6.07) is 11.4. The fourth-order valence-electron chi connectivity index (χ4n) is 2.83. The first-order valence-electron chi connectivity index (χ1n) is 8.52. The molecule has 0 bridgehead atoms. The molecular formula is C19H18N4O5. The Kier molecular flexibility index (Phi) is 5.64. The molecule has 1 heterocycles. The van der Waals surface area contributed by atoms with Crippen molar-refractivity contribution in [2.75, 3.05) is 13.7 Å². The van der Waals surface area contributed by atoms with Gasteiger partial charge in [0.15, 0.2) is 0 Å². The van der Waals surface area contributed by atoms with Gasteiger partial charge in [0.25, 0.3) is 11.2 Å². The van der Waals surface area contributed by atoms with E-state index >= 15 is 0 Å². The van der Waals surface area contributed by atoms with Crippen LogP contribution >= 0.6 is 0 Å². The summed E-state index contributed by atoms with van der Waals surface area (Å²) >= 11 is 0. The molecule has 144 valence electrons. The van der Waals surface area contributed by atoms with Crippen LogP contribution in [0.25, 0.3) is 10.9 Å². The third-order valence-electron chi connectivity index (χ3n) is 4.24. The molecule has 1 N–H and O–H groups in total. The van der Waals surface area contributed by atoms with Crippen LogP contribution in [0.15, 0.2) is 53.6 Å². The van der Waals surface area contributed by atoms with Crippen LogP contribution in [0.4, 0.5) is 5.69 Å². The van der Waals surface area contributed by atoms with Crippen LogP contribution in [0.2, 0.25) is 0 Å². The molecule has 0 saturated heterocycles. The summed E-state index contributed by atoms with van der Waals surface area (Å²) in [6.45, 7) is 0.150. The highest BCUT2D eigenvalue weighted by atomic mass is 16.6. The average molecular weight is 382 g/mol. The molecule has 28 heavy (non-hydrogen) atoms. The number of nitro benzene ring substituents is 1. The SMILES string of the molecule is COc1ccccc1CCNC(=O)Cn1cnc2ccc([N+](=O)[O-])cc2c1=O. The molecule has 3 aromatic rings. The maximum atomic E-state index is 12.5. The monoisotopic (exact) mass is 382 g/mol. The number of fused-ring (bicyclic) bond motifs is 1. The molecule has 0 radical (unpaired) electrons. The number of benzene rings is 2. The molecule has 0 saturated carbocycles. The molecule has 0 atom stereocenters. The molecule has 0 spiro atoms. The van der Waals surface area contributed by atoms with Gasteiger partial charge in [-0.1, -0.05) is 18.2 Å². The number of non-ortho nitro benzene ring substituents is 1. The zero-order valence-electron chi connectivity index (χ0n) is 15.1. The molecular weight excluding hydrogens is 364 g/mol. The highest BCUT2D eigenvalue weighted by Gasteiger charge is 2.12. The predicted molar refractivity (Wildman–Crippen MR) is 102 cm³/mol. The molecule has 0 unspecified atom stereocenters. The summed E-state index contributed by atoms with van der Waals surface area (Å²) in [5.41, 5.74) is 0.588. The van der Waals surface area contributed by atoms with Crippen molar-refractivity contribution in [1.82, 2.24) is 14.9 Å². The molecule has 9 nitrogen and oxygen atoms in total. The largest absolute Gasteiger partial charge is 0.496 e. The minimum atomic E-state index is -0.583. The van der Waals surface area contributed by atoms with Gasteiger partial charge in [0, 0.05) is 18.7 Å². The van der Waals surface area contributed by atoms with Crippen molar-refractivity contribution < 1.29 is 14.5 Å². The van der Waals surface area contributed by atoms with E-state index in [9.17, 15) is 19.7 Å². The molecule has 0 aliphatic heterocycles. The molecule has 2 aromatic carbocycles. The number of carbonyl (C=O) groups excluding carboxylic acids is 1. The molecule has 9 heteroatoms. The lowest BCUT2D eigenvalue weighted by Crippen LogP contribution is -2.33. The van der Waals surface area contributed by atoms with E-state index in [1.54, 1.807) is 7.11 Å². The Hall–Kier alpha value is -3.75. The van der Waals surface area contributed by atoms with Crippen molar-refractivity contribution in [3.05, 3.63) is 74.8 Å². The number of para-hydroxylation sites is 1. The standard InChI is InChI=1S/C19H18N4O5/c1-28-17-5-3-2-4-13(17)8-9-20-18(24)11-22-12-21-16-7-6-14(23(26)27)10-15(16)19(22)25/h2-7,10,12H,8-9,11H2,1H3,(H,20,24). The van der Waals surface area contributed by atoms with Gasteiger partial charge in [-0.25, -0.2) is 4.98 Å². The van der Waals surface area contributed by atoms with E-state index in [-0.39, 0.29) is 23.5 Å². The van der Waals surface area contributed by atoms with E-state index in [2.05, 4.69) is 10.3 Å². The van der Waals surface area contributed by atoms with E-state index in [1.807, 2.05) is 24.3 Å². The highest BCUT2D eigenvalue weighted by molar-refractivity contribution is 5.80. The van der Waals surface area contributed by atoms with Gasteiger partial charge in [0.2, 0.25) is 5.91 Å². The molecule has 1 amide bonds. The number of methoxy groups -OCH3 is 1. The number of amides is 1. The first-order chi connectivity index (χ1) is 13.5. The Morgan fingerprint density at radius 1 is 1.29 bits per heavy atom. The molecule has 0 aliphatic rings. The van der Waals surface area contributed by atoms with Gasteiger partial charge >= 0.3 is 0 Å². The van der Waals surface area contributed by atoms with Gasteiger partial charge in [-0.3, -0.25) is 24.3 Å². The summed E-state index contributed by atoms with van der Waals surface area (Å²) < 4.78 is 6.40. The van der Waals surface area contributed by atoms with E-state index in [4.69, 9.17) is 4.74 Å². The number of nitro groups is 1. The number of hydrogen-bond donors (Lipinski definition) is 1. The fourth-order valence-corrected chi connectivity index (χ4v) is 2.83. The van der Waals surface area contributed by atoms with E-state index in [1.165, 1.54) is 24.5 Å². The summed E-state index contributed by atoms with van der Waals surface area (Å²) in [4.78, 5) is 39.1. The number of hydrogen-bond acceptors (Lipinski definition) is 6. The van der Waals surface area contributed by atoms with E-state index in [0.29, 0.717) is 18.5 Å². The normalized spacial score (nSPS) is 10.6. The minimum Gasteiger partial charge on any atom is -0.496 e. The van der Waals surface area contributed by atoms with Crippen LogP contribution in [-0.4, -0.2) is 34.0 Å². The Labute approximate surface area is 159 Å².